The highest BCUT2D eigenvalue weighted by molar-refractivity contribution is 7.99. The van der Waals surface area contributed by atoms with Gasteiger partial charge in [-0.05, 0) is 31.2 Å². The van der Waals surface area contributed by atoms with Crippen LogP contribution in [0, 0.1) is 0 Å². The summed E-state index contributed by atoms with van der Waals surface area (Å²) in [5.74, 6) is 2.80. The van der Waals surface area contributed by atoms with Gasteiger partial charge in [-0.2, -0.15) is 0 Å². The van der Waals surface area contributed by atoms with E-state index in [-0.39, 0.29) is 0 Å². The van der Waals surface area contributed by atoms with Crippen molar-refractivity contribution in [1.82, 2.24) is 9.97 Å². The SMILES string of the molecule is CN=C(C)Nc1ncc(Sc2ccncc2)cc1Oc1ccccc1. The first-order valence-corrected chi connectivity index (χ1v) is 8.57. The monoisotopic (exact) mass is 350 g/mol. The molecule has 0 atom stereocenters. The van der Waals surface area contributed by atoms with Crippen LogP contribution in [0.15, 0.2) is 81.9 Å². The first-order valence-electron chi connectivity index (χ1n) is 7.76. The van der Waals surface area contributed by atoms with Gasteiger partial charge in [-0.15, -0.1) is 0 Å². The van der Waals surface area contributed by atoms with Crippen molar-refractivity contribution in [2.24, 2.45) is 4.99 Å². The Labute approximate surface area is 151 Å². The summed E-state index contributed by atoms with van der Waals surface area (Å²) in [6.45, 7) is 1.88. The molecule has 0 aliphatic carbocycles. The van der Waals surface area contributed by atoms with Crippen molar-refractivity contribution in [1.29, 1.82) is 0 Å². The van der Waals surface area contributed by atoms with Crippen LogP contribution in [0.2, 0.25) is 0 Å². The van der Waals surface area contributed by atoms with Gasteiger partial charge in [0.25, 0.3) is 0 Å². The van der Waals surface area contributed by atoms with Gasteiger partial charge in [0.05, 0.1) is 5.84 Å². The lowest BCUT2D eigenvalue weighted by molar-refractivity contribution is 0.481. The molecule has 6 heteroatoms. The fourth-order valence-electron chi connectivity index (χ4n) is 2.04. The predicted octanol–water partition coefficient (Wildman–Crippen LogP) is 4.88. The number of nitrogens with zero attached hydrogens (tertiary/aromatic N) is 3. The van der Waals surface area contributed by atoms with Crippen LogP contribution in [0.3, 0.4) is 0 Å². The summed E-state index contributed by atoms with van der Waals surface area (Å²) in [4.78, 5) is 14.7. The van der Waals surface area contributed by atoms with Gasteiger partial charge in [0.2, 0.25) is 0 Å². The lowest BCUT2D eigenvalue weighted by Crippen LogP contribution is -2.09. The molecule has 126 valence electrons. The van der Waals surface area contributed by atoms with Crippen LogP contribution in [-0.4, -0.2) is 22.9 Å². The standard InChI is InChI=1S/C19H18N4OS/c1-14(20-2)23-19-18(24-15-6-4-3-5-7-15)12-17(13-22-19)25-16-8-10-21-11-9-16/h3-13H,1-2H3,(H,20,22,23). The van der Waals surface area contributed by atoms with Crippen molar-refractivity contribution in [3.8, 4) is 11.5 Å². The molecule has 0 fully saturated rings. The van der Waals surface area contributed by atoms with Gasteiger partial charge in [0.15, 0.2) is 11.6 Å². The first kappa shape index (κ1) is 17.0. The number of anilines is 1. The van der Waals surface area contributed by atoms with Crippen LogP contribution in [0.25, 0.3) is 0 Å². The van der Waals surface area contributed by atoms with Crippen LogP contribution in [0.5, 0.6) is 11.5 Å². The summed E-state index contributed by atoms with van der Waals surface area (Å²) in [6, 6.07) is 15.5. The Balaban J connectivity index is 1.90. The van der Waals surface area contributed by atoms with Gasteiger partial charge in [-0.25, -0.2) is 4.98 Å². The molecule has 0 aliphatic heterocycles. The number of rotatable bonds is 5. The van der Waals surface area contributed by atoms with E-state index in [4.69, 9.17) is 4.74 Å². The summed E-state index contributed by atoms with van der Waals surface area (Å²) < 4.78 is 6.03. The van der Waals surface area contributed by atoms with Crippen LogP contribution >= 0.6 is 11.8 Å². The van der Waals surface area contributed by atoms with Crippen LogP contribution in [0.1, 0.15) is 6.92 Å². The summed E-state index contributed by atoms with van der Waals surface area (Å²) in [5.41, 5.74) is 0. The summed E-state index contributed by atoms with van der Waals surface area (Å²) in [7, 11) is 1.73. The summed E-state index contributed by atoms with van der Waals surface area (Å²) in [5, 5.41) is 3.17. The lowest BCUT2D eigenvalue weighted by Gasteiger charge is -2.13. The molecule has 5 nitrogen and oxygen atoms in total. The second-order valence-electron chi connectivity index (χ2n) is 5.15. The Hall–Kier alpha value is -2.86. The van der Waals surface area contributed by atoms with Gasteiger partial charge in [0.1, 0.15) is 5.75 Å². The molecule has 3 rings (SSSR count). The molecule has 1 N–H and O–H groups in total. The maximum atomic E-state index is 6.03. The second kappa shape index (κ2) is 8.30. The number of para-hydroxylation sites is 1. The molecule has 2 aromatic heterocycles. The van der Waals surface area contributed by atoms with Crippen molar-refractivity contribution >= 4 is 23.4 Å². The van der Waals surface area contributed by atoms with E-state index in [1.165, 1.54) is 0 Å². The maximum Gasteiger partial charge on any atom is 0.174 e. The Morgan fingerprint density at radius 2 is 1.84 bits per heavy atom. The molecule has 1 aromatic carbocycles. The zero-order valence-corrected chi connectivity index (χ0v) is 14.8. The molecule has 0 radical (unpaired) electrons. The normalized spacial score (nSPS) is 11.2. The number of ether oxygens (including phenoxy) is 1. The molecule has 25 heavy (non-hydrogen) atoms. The van der Waals surface area contributed by atoms with Crippen molar-refractivity contribution in [2.45, 2.75) is 16.7 Å². The number of aromatic nitrogens is 2. The quantitative estimate of drug-likeness (QED) is 0.525. The van der Waals surface area contributed by atoms with E-state index < -0.39 is 0 Å². The van der Waals surface area contributed by atoms with E-state index in [9.17, 15) is 0 Å². The van der Waals surface area contributed by atoms with Crippen molar-refractivity contribution in [3.05, 3.63) is 67.1 Å². The van der Waals surface area contributed by atoms with Gasteiger partial charge in [0, 0.05) is 41.5 Å². The third-order valence-corrected chi connectivity index (χ3v) is 4.29. The Kier molecular flexibility index (Phi) is 5.64. The molecule has 0 bridgehead atoms. The Morgan fingerprint density at radius 3 is 2.56 bits per heavy atom. The number of hydrogen-bond acceptors (Lipinski definition) is 5. The number of hydrogen-bond donors (Lipinski definition) is 1. The summed E-state index contributed by atoms with van der Waals surface area (Å²) >= 11 is 1.61. The highest BCUT2D eigenvalue weighted by atomic mass is 32.2. The van der Waals surface area contributed by atoms with Crippen LogP contribution < -0.4 is 10.1 Å². The highest BCUT2D eigenvalue weighted by Gasteiger charge is 2.10. The van der Waals surface area contributed by atoms with Crippen molar-refractivity contribution in [2.75, 3.05) is 12.4 Å². The molecule has 0 saturated heterocycles. The first-order chi connectivity index (χ1) is 12.2. The number of benzene rings is 1. The molecule has 0 unspecified atom stereocenters. The fraction of sp³-hybridized carbons (Fsp3) is 0.105. The number of pyridine rings is 2. The molecular weight excluding hydrogens is 332 g/mol. The molecular formula is C19H18N4OS. The van der Waals surface area contributed by atoms with Gasteiger partial charge >= 0.3 is 0 Å². The largest absolute Gasteiger partial charge is 0.453 e. The van der Waals surface area contributed by atoms with Crippen LogP contribution in [-0.2, 0) is 0 Å². The average Bonchev–Trinajstić information content (AvgIpc) is 2.65. The maximum absolute atomic E-state index is 6.03. The summed E-state index contributed by atoms with van der Waals surface area (Å²) in [6.07, 6.45) is 5.36. The van der Waals surface area contributed by atoms with Crippen molar-refractivity contribution < 1.29 is 4.74 Å². The van der Waals surface area contributed by atoms with E-state index in [1.807, 2.05) is 61.7 Å². The third kappa shape index (κ3) is 4.81. The zero-order valence-electron chi connectivity index (χ0n) is 14.0. The molecule has 0 aliphatic rings. The number of aliphatic imine (C=N–C) groups is 1. The molecule has 0 spiro atoms. The fourth-order valence-corrected chi connectivity index (χ4v) is 2.84. The second-order valence-corrected chi connectivity index (χ2v) is 6.30. The number of amidine groups is 1. The number of nitrogens with one attached hydrogen (secondary N) is 1. The highest BCUT2D eigenvalue weighted by Crippen LogP contribution is 2.34. The minimum Gasteiger partial charge on any atom is -0.453 e. The Morgan fingerprint density at radius 1 is 1.08 bits per heavy atom. The van der Waals surface area contributed by atoms with E-state index in [1.54, 1.807) is 31.2 Å². The minimum absolute atomic E-state index is 0.631. The predicted molar refractivity (Wildman–Crippen MR) is 102 cm³/mol. The minimum atomic E-state index is 0.631. The molecule has 0 amide bonds. The van der Waals surface area contributed by atoms with Gasteiger partial charge in [-0.3, -0.25) is 9.98 Å². The average molecular weight is 350 g/mol. The van der Waals surface area contributed by atoms with E-state index >= 15 is 0 Å². The molecule has 0 saturated carbocycles. The van der Waals surface area contributed by atoms with E-state index in [0.717, 1.165) is 21.4 Å². The van der Waals surface area contributed by atoms with Crippen LogP contribution in [0.4, 0.5) is 5.82 Å². The zero-order chi connectivity index (χ0) is 17.5. The lowest BCUT2D eigenvalue weighted by atomic mass is 10.3. The molecule has 3 aromatic rings. The third-order valence-electron chi connectivity index (χ3n) is 3.32. The van der Waals surface area contributed by atoms with E-state index in [0.29, 0.717) is 11.6 Å². The molecule has 2 heterocycles. The van der Waals surface area contributed by atoms with Gasteiger partial charge in [-0.1, -0.05) is 30.0 Å². The Bertz CT molecular complexity index is 854. The van der Waals surface area contributed by atoms with Crippen molar-refractivity contribution in [3.63, 3.8) is 0 Å². The van der Waals surface area contributed by atoms with E-state index in [2.05, 4.69) is 20.3 Å². The smallest absolute Gasteiger partial charge is 0.174 e. The topological polar surface area (TPSA) is 59.4 Å². The van der Waals surface area contributed by atoms with Gasteiger partial charge < -0.3 is 10.1 Å².